The zero-order chi connectivity index (χ0) is 6.81. The lowest BCUT2D eigenvalue weighted by Gasteiger charge is -1.77. The maximum absolute atomic E-state index is 3.70. The monoisotopic (exact) mass is 169 g/mol. The molecule has 10 heavy (non-hydrogen) atoms. The van der Waals surface area contributed by atoms with Crippen LogP contribution >= 0.6 is 23.1 Å². The average molecular weight is 169 g/mol. The number of hydrogen-bond acceptors (Lipinski definition) is 6. The maximum Gasteiger partial charge on any atom is 0.136 e. The third-order valence-corrected chi connectivity index (χ3v) is 2.38. The highest BCUT2D eigenvalue weighted by Crippen LogP contribution is 2.22. The van der Waals surface area contributed by atoms with Gasteiger partial charge in [-0.2, -0.15) is 0 Å². The zero-order valence-electron chi connectivity index (χ0n) is 4.68. The fourth-order valence-electron chi connectivity index (χ4n) is 0.515. The third kappa shape index (κ3) is 0.910. The van der Waals surface area contributed by atoms with Gasteiger partial charge in [0, 0.05) is 0 Å². The molecular formula is C4HN4S2. The summed E-state index contributed by atoms with van der Waals surface area (Å²) in [5.74, 6) is 0. The van der Waals surface area contributed by atoms with Crippen LogP contribution in [0.5, 0.6) is 0 Å². The van der Waals surface area contributed by atoms with Crippen LogP contribution in [-0.2, 0) is 0 Å². The van der Waals surface area contributed by atoms with Crippen molar-refractivity contribution in [3.63, 3.8) is 0 Å². The van der Waals surface area contributed by atoms with E-state index in [4.69, 9.17) is 0 Å². The summed E-state index contributed by atoms with van der Waals surface area (Å²) in [6, 6.07) is 0. The lowest BCUT2D eigenvalue weighted by atomic mass is 10.5. The Labute approximate surface area is 64.9 Å². The van der Waals surface area contributed by atoms with Gasteiger partial charge in [-0.1, -0.05) is 8.98 Å². The Hall–Kier alpha value is -0.880. The normalized spacial score (nSPS) is 10.0. The molecule has 2 rings (SSSR count). The molecule has 4 nitrogen and oxygen atoms in total. The van der Waals surface area contributed by atoms with Gasteiger partial charge in [-0.05, 0) is 23.1 Å². The average Bonchev–Trinajstić information content (AvgIpc) is 2.59. The Morgan fingerprint density at radius 3 is 2.90 bits per heavy atom. The lowest BCUT2D eigenvalue weighted by molar-refractivity contribution is 1.15. The smallest absolute Gasteiger partial charge is 0.136 e. The second-order valence-corrected chi connectivity index (χ2v) is 3.04. The van der Waals surface area contributed by atoms with Crippen molar-refractivity contribution in [2.24, 2.45) is 0 Å². The Kier molecular flexibility index (Phi) is 1.40. The van der Waals surface area contributed by atoms with Crippen LogP contribution in [0.3, 0.4) is 0 Å². The van der Waals surface area contributed by atoms with Crippen LogP contribution in [-0.4, -0.2) is 19.2 Å². The van der Waals surface area contributed by atoms with E-state index in [9.17, 15) is 0 Å². The van der Waals surface area contributed by atoms with Crippen molar-refractivity contribution in [3.05, 3.63) is 12.4 Å². The molecule has 0 aliphatic carbocycles. The number of rotatable bonds is 1. The van der Waals surface area contributed by atoms with Crippen LogP contribution in [0.25, 0.3) is 9.75 Å². The van der Waals surface area contributed by atoms with Gasteiger partial charge in [0.25, 0.3) is 0 Å². The van der Waals surface area contributed by atoms with Gasteiger partial charge in [-0.15, -0.1) is 10.2 Å². The second kappa shape index (κ2) is 2.39. The van der Waals surface area contributed by atoms with E-state index in [2.05, 4.69) is 25.4 Å². The predicted octanol–water partition coefficient (Wildman–Crippen LogP) is 0.857. The molecule has 2 aromatic heterocycles. The molecule has 1 radical (unpaired) electrons. The Balaban J connectivity index is 2.48. The molecule has 0 fully saturated rings. The first-order chi connectivity index (χ1) is 4.97. The predicted molar refractivity (Wildman–Crippen MR) is 37.6 cm³/mol. The molecule has 2 heterocycles. The van der Waals surface area contributed by atoms with Crippen molar-refractivity contribution in [2.75, 3.05) is 0 Å². The quantitative estimate of drug-likeness (QED) is 0.635. The summed E-state index contributed by atoms with van der Waals surface area (Å²) < 4.78 is 7.37. The number of hydrogen-bond donors (Lipinski definition) is 0. The summed E-state index contributed by atoms with van der Waals surface area (Å²) in [5.41, 5.74) is 0. The summed E-state index contributed by atoms with van der Waals surface area (Å²) in [5, 5.41) is 7.25. The highest BCUT2D eigenvalue weighted by molar-refractivity contribution is 7.16. The Bertz CT molecular complexity index is 255. The topological polar surface area (TPSA) is 51.6 Å². The molecule has 0 saturated heterocycles. The summed E-state index contributed by atoms with van der Waals surface area (Å²) in [6.07, 6.45) is 4.40. The van der Waals surface area contributed by atoms with Crippen LogP contribution < -0.4 is 0 Å². The highest BCUT2D eigenvalue weighted by Gasteiger charge is 2.02. The van der Waals surface area contributed by atoms with Crippen molar-refractivity contribution in [3.8, 4) is 9.75 Å². The van der Waals surface area contributed by atoms with Crippen molar-refractivity contribution >= 4 is 23.1 Å². The van der Waals surface area contributed by atoms with Crippen LogP contribution in [0.1, 0.15) is 0 Å². The maximum atomic E-state index is 3.70. The first kappa shape index (κ1) is 5.87. The van der Waals surface area contributed by atoms with E-state index >= 15 is 0 Å². The number of aromatic nitrogens is 4. The molecular weight excluding hydrogens is 168 g/mol. The molecule has 0 unspecified atom stereocenters. The van der Waals surface area contributed by atoms with Crippen LogP contribution in [0, 0.1) is 6.20 Å². The third-order valence-electron chi connectivity index (χ3n) is 0.910. The molecule has 0 amide bonds. The van der Waals surface area contributed by atoms with E-state index in [1.54, 1.807) is 6.20 Å². The van der Waals surface area contributed by atoms with Gasteiger partial charge >= 0.3 is 0 Å². The largest absolute Gasteiger partial charge is 0.146 e. The van der Waals surface area contributed by atoms with Gasteiger partial charge < -0.3 is 0 Å². The molecule has 6 heteroatoms. The highest BCUT2D eigenvalue weighted by atomic mass is 32.1. The van der Waals surface area contributed by atoms with Gasteiger partial charge in [0.1, 0.15) is 6.20 Å². The van der Waals surface area contributed by atoms with Crippen molar-refractivity contribution in [2.45, 2.75) is 0 Å². The van der Waals surface area contributed by atoms with Gasteiger partial charge in [-0.3, -0.25) is 0 Å². The minimum Gasteiger partial charge on any atom is -0.146 e. The minimum absolute atomic E-state index is 0.898. The van der Waals surface area contributed by atoms with Crippen LogP contribution in [0.15, 0.2) is 6.20 Å². The molecule has 0 bridgehead atoms. The van der Waals surface area contributed by atoms with Crippen LogP contribution in [0.4, 0.5) is 0 Å². The molecule has 2 aromatic rings. The molecule has 0 saturated carbocycles. The van der Waals surface area contributed by atoms with E-state index in [0.717, 1.165) is 9.75 Å². The molecule has 0 spiro atoms. The van der Waals surface area contributed by atoms with E-state index in [-0.39, 0.29) is 0 Å². The molecule has 0 aromatic carbocycles. The lowest BCUT2D eigenvalue weighted by Crippen LogP contribution is -1.60. The fraction of sp³-hybridized carbons (Fsp3) is 0. The van der Waals surface area contributed by atoms with E-state index in [1.165, 1.54) is 23.1 Å². The second-order valence-electron chi connectivity index (χ2n) is 1.50. The van der Waals surface area contributed by atoms with E-state index in [1.807, 2.05) is 0 Å². The SMILES string of the molecule is [c]1nnsc1-c1cnns1. The van der Waals surface area contributed by atoms with Crippen molar-refractivity contribution in [1.82, 2.24) is 19.2 Å². The number of nitrogens with zero attached hydrogens (tertiary/aromatic N) is 4. The summed E-state index contributed by atoms with van der Waals surface area (Å²) >= 11 is 2.61. The fourth-order valence-corrected chi connectivity index (χ4v) is 1.53. The van der Waals surface area contributed by atoms with E-state index < -0.39 is 0 Å². The van der Waals surface area contributed by atoms with Crippen molar-refractivity contribution < 1.29 is 0 Å². The van der Waals surface area contributed by atoms with Crippen LogP contribution in [0.2, 0.25) is 0 Å². The van der Waals surface area contributed by atoms with Gasteiger partial charge in [0.15, 0.2) is 0 Å². The molecule has 49 valence electrons. The van der Waals surface area contributed by atoms with Gasteiger partial charge in [0.2, 0.25) is 0 Å². The van der Waals surface area contributed by atoms with Gasteiger partial charge in [-0.25, -0.2) is 0 Å². The standard InChI is InChI=1S/C4HN4S2/c1-3(9-7-5-1)4-2-6-8-10-4/h1H. The summed E-state index contributed by atoms with van der Waals surface area (Å²) in [4.78, 5) is 1.87. The van der Waals surface area contributed by atoms with E-state index in [0.29, 0.717) is 0 Å². The van der Waals surface area contributed by atoms with Crippen molar-refractivity contribution in [1.29, 1.82) is 0 Å². The Morgan fingerprint density at radius 2 is 2.30 bits per heavy atom. The molecule has 0 atom stereocenters. The first-order valence-corrected chi connectivity index (χ1v) is 3.99. The Morgan fingerprint density at radius 1 is 1.30 bits per heavy atom. The molecule has 0 aliphatic rings. The summed E-state index contributed by atoms with van der Waals surface area (Å²) in [7, 11) is 0. The molecule has 0 N–H and O–H groups in total. The minimum atomic E-state index is 0.898. The van der Waals surface area contributed by atoms with Gasteiger partial charge in [0.05, 0.1) is 16.0 Å². The first-order valence-electron chi connectivity index (χ1n) is 2.44. The molecule has 0 aliphatic heterocycles. The zero-order valence-corrected chi connectivity index (χ0v) is 6.32. The summed E-state index contributed by atoms with van der Waals surface area (Å²) in [6.45, 7) is 0.